The zero-order valence-electron chi connectivity index (χ0n) is 23.0. The number of carbonyl (C=O) groups excluding carboxylic acids is 2. The van der Waals surface area contributed by atoms with Crippen LogP contribution in [0.15, 0.2) is 48.0 Å². The molecule has 4 aromatic rings. The molecule has 2 aromatic carbocycles. The molecular weight excluding hydrogens is 567 g/mol. The van der Waals surface area contributed by atoms with Crippen LogP contribution in [0.2, 0.25) is 0 Å². The van der Waals surface area contributed by atoms with Crippen LogP contribution in [0.1, 0.15) is 29.9 Å². The topological polar surface area (TPSA) is 79.2 Å². The lowest BCUT2D eigenvalue weighted by molar-refractivity contribution is -0.120. The largest absolute Gasteiger partial charge is 0.489 e. The molecule has 1 saturated heterocycles. The van der Waals surface area contributed by atoms with E-state index in [0.29, 0.717) is 27.7 Å². The summed E-state index contributed by atoms with van der Waals surface area (Å²) in [6, 6.07) is 7.51. The summed E-state index contributed by atoms with van der Waals surface area (Å²) in [6.07, 6.45) is 1.44. The fourth-order valence-electron chi connectivity index (χ4n) is 4.92. The summed E-state index contributed by atoms with van der Waals surface area (Å²) in [7, 11) is 1.56. The SMILES string of the molecule is CC(C)N1CC(F)(C#Cc2ccc3c(c2)N(C)C(=O)[C@@H](NC(=O)c2cn4c(-c5ccc(F)cc5F)csc4n2)CO3)C1. The molecule has 1 N–H and O–H groups in total. The Labute approximate surface area is 243 Å². The van der Waals surface area contributed by atoms with Gasteiger partial charge >= 0.3 is 0 Å². The Bertz CT molecular complexity index is 1780. The number of nitrogens with one attached hydrogen (secondary N) is 1. The number of benzene rings is 2. The van der Waals surface area contributed by atoms with Gasteiger partial charge in [-0.15, -0.1) is 11.3 Å². The highest BCUT2D eigenvalue weighted by Crippen LogP contribution is 2.33. The molecule has 8 nitrogen and oxygen atoms in total. The van der Waals surface area contributed by atoms with Crippen molar-refractivity contribution in [2.45, 2.75) is 31.6 Å². The minimum absolute atomic E-state index is 0.0209. The summed E-state index contributed by atoms with van der Waals surface area (Å²) in [5.74, 6) is 3.56. The van der Waals surface area contributed by atoms with E-state index in [1.165, 1.54) is 32.9 Å². The van der Waals surface area contributed by atoms with Crippen LogP contribution in [0.3, 0.4) is 0 Å². The minimum Gasteiger partial charge on any atom is -0.489 e. The fourth-order valence-corrected chi connectivity index (χ4v) is 5.80. The Balaban J connectivity index is 1.17. The Kier molecular flexibility index (Phi) is 6.95. The number of hydrogen-bond acceptors (Lipinski definition) is 6. The molecule has 1 atom stereocenters. The highest BCUT2D eigenvalue weighted by atomic mass is 32.1. The van der Waals surface area contributed by atoms with Gasteiger partial charge in [0.05, 0.1) is 11.4 Å². The van der Waals surface area contributed by atoms with Crippen molar-refractivity contribution in [2.75, 3.05) is 31.6 Å². The molecule has 42 heavy (non-hydrogen) atoms. The van der Waals surface area contributed by atoms with Crippen LogP contribution >= 0.6 is 11.3 Å². The second-order valence-corrected chi connectivity index (χ2v) is 11.5. The number of carbonyl (C=O) groups is 2. The van der Waals surface area contributed by atoms with E-state index in [1.807, 2.05) is 18.7 Å². The Hall–Kier alpha value is -4.34. The van der Waals surface area contributed by atoms with Crippen molar-refractivity contribution in [2.24, 2.45) is 0 Å². The van der Waals surface area contributed by atoms with Crippen molar-refractivity contribution in [1.29, 1.82) is 0 Å². The van der Waals surface area contributed by atoms with Crippen molar-refractivity contribution in [3.8, 4) is 28.8 Å². The number of thiazole rings is 1. The first-order chi connectivity index (χ1) is 20.0. The van der Waals surface area contributed by atoms with E-state index in [2.05, 4.69) is 22.1 Å². The number of hydrogen-bond donors (Lipinski definition) is 1. The molecule has 0 saturated carbocycles. The standard InChI is InChI=1S/C30H26F3N5O3S/c1-17(2)37-15-30(33,16-37)9-8-18-4-7-26-24(10-18)36(3)28(40)23(13-41-26)34-27(39)22-12-38-25(14-42-29(38)35-22)20-6-5-19(31)11-21(20)32/h4-7,10-12,14,17,23H,13,15-16H2,1-3H3,(H,34,39)/t23-/m0/s1. The van der Waals surface area contributed by atoms with Crippen LogP contribution in [0, 0.1) is 23.5 Å². The summed E-state index contributed by atoms with van der Waals surface area (Å²) in [6.45, 7) is 4.40. The van der Waals surface area contributed by atoms with Crippen LogP contribution in [-0.4, -0.2) is 70.6 Å². The third kappa shape index (κ3) is 5.10. The second kappa shape index (κ2) is 10.5. The van der Waals surface area contributed by atoms with Crippen molar-refractivity contribution >= 4 is 33.8 Å². The van der Waals surface area contributed by atoms with Gasteiger partial charge in [0.1, 0.15) is 35.7 Å². The number of fused-ring (bicyclic) bond motifs is 2. The first-order valence-electron chi connectivity index (χ1n) is 13.2. The zero-order chi connectivity index (χ0) is 29.8. The lowest BCUT2D eigenvalue weighted by Crippen LogP contribution is -2.60. The lowest BCUT2D eigenvalue weighted by Gasteiger charge is -2.43. The lowest BCUT2D eigenvalue weighted by atomic mass is 9.95. The Morgan fingerprint density at radius 2 is 2.00 bits per heavy atom. The van der Waals surface area contributed by atoms with Crippen molar-refractivity contribution in [3.63, 3.8) is 0 Å². The molecule has 6 rings (SSSR count). The van der Waals surface area contributed by atoms with E-state index >= 15 is 0 Å². The van der Waals surface area contributed by atoms with Gasteiger partial charge in [0.2, 0.25) is 0 Å². The maximum atomic E-state index is 14.9. The van der Waals surface area contributed by atoms with E-state index < -0.39 is 35.2 Å². The van der Waals surface area contributed by atoms with E-state index in [9.17, 15) is 22.8 Å². The van der Waals surface area contributed by atoms with Crippen LogP contribution in [0.25, 0.3) is 16.2 Å². The van der Waals surface area contributed by atoms with E-state index in [4.69, 9.17) is 4.74 Å². The van der Waals surface area contributed by atoms with Gasteiger partial charge in [-0.3, -0.25) is 18.9 Å². The fraction of sp³-hybridized carbons (Fsp3) is 0.300. The number of nitrogens with zero attached hydrogens (tertiary/aromatic N) is 4. The highest BCUT2D eigenvalue weighted by Gasteiger charge is 2.43. The number of ether oxygens (including phenoxy) is 1. The molecule has 2 aliphatic rings. The second-order valence-electron chi connectivity index (χ2n) is 10.7. The normalized spacial score (nSPS) is 18.1. The third-order valence-corrected chi connectivity index (χ3v) is 8.22. The third-order valence-electron chi connectivity index (χ3n) is 7.38. The molecule has 4 heterocycles. The molecule has 2 amide bonds. The predicted octanol–water partition coefficient (Wildman–Crippen LogP) is 4.28. The van der Waals surface area contributed by atoms with Crippen molar-refractivity contribution < 1.29 is 27.5 Å². The molecule has 12 heteroatoms. The van der Waals surface area contributed by atoms with Crippen LogP contribution in [0.5, 0.6) is 5.75 Å². The number of anilines is 1. The van der Waals surface area contributed by atoms with Gasteiger partial charge < -0.3 is 15.0 Å². The smallest absolute Gasteiger partial charge is 0.272 e. The Morgan fingerprint density at radius 3 is 2.74 bits per heavy atom. The van der Waals surface area contributed by atoms with Gasteiger partial charge in [-0.25, -0.2) is 18.2 Å². The molecule has 0 spiro atoms. The summed E-state index contributed by atoms with van der Waals surface area (Å²) in [5.41, 5.74) is 0.00564. The van der Waals surface area contributed by atoms with Gasteiger partial charge in [0.25, 0.3) is 11.8 Å². The summed E-state index contributed by atoms with van der Waals surface area (Å²) < 4.78 is 50.0. The molecule has 2 aliphatic heterocycles. The predicted molar refractivity (Wildman–Crippen MR) is 152 cm³/mol. The maximum Gasteiger partial charge on any atom is 0.272 e. The number of amides is 2. The van der Waals surface area contributed by atoms with Crippen molar-refractivity contribution in [1.82, 2.24) is 19.6 Å². The molecule has 2 aromatic heterocycles. The Morgan fingerprint density at radius 1 is 1.21 bits per heavy atom. The number of halogens is 3. The van der Waals surface area contributed by atoms with E-state index in [-0.39, 0.29) is 37.0 Å². The maximum absolute atomic E-state index is 14.9. The number of alkyl halides is 1. The van der Waals surface area contributed by atoms with Crippen LogP contribution < -0.4 is 15.0 Å². The average molecular weight is 594 g/mol. The summed E-state index contributed by atoms with van der Waals surface area (Å²) in [5, 5.41) is 4.34. The van der Waals surface area contributed by atoms with Gasteiger partial charge in [-0.05, 0) is 44.2 Å². The highest BCUT2D eigenvalue weighted by molar-refractivity contribution is 7.15. The van der Waals surface area contributed by atoms with Crippen LogP contribution in [-0.2, 0) is 4.79 Å². The van der Waals surface area contributed by atoms with Gasteiger partial charge in [0.15, 0.2) is 10.6 Å². The van der Waals surface area contributed by atoms with E-state index in [1.54, 1.807) is 30.6 Å². The number of likely N-dealkylation sites (tertiary alicyclic amines) is 1. The number of aromatic nitrogens is 2. The monoisotopic (exact) mass is 593 g/mol. The molecule has 216 valence electrons. The quantitative estimate of drug-likeness (QED) is 0.358. The average Bonchev–Trinajstić information content (AvgIpc) is 3.51. The first kappa shape index (κ1) is 27.8. The molecule has 0 aliphatic carbocycles. The van der Waals surface area contributed by atoms with Crippen molar-refractivity contribution in [3.05, 3.63) is 70.9 Å². The molecule has 0 radical (unpaired) electrons. The molecular formula is C30H26F3N5O3S. The van der Waals surface area contributed by atoms with Gasteiger partial charge in [-0.2, -0.15) is 0 Å². The number of imidazole rings is 1. The summed E-state index contributed by atoms with van der Waals surface area (Å²) in [4.78, 5) is 34.5. The molecule has 1 fully saturated rings. The molecule has 0 unspecified atom stereocenters. The minimum atomic E-state index is -1.57. The van der Waals surface area contributed by atoms with Gasteiger partial charge in [0, 0.05) is 54.9 Å². The number of likely N-dealkylation sites (N-methyl/N-ethyl adjacent to an activating group) is 1. The molecule has 0 bridgehead atoms. The zero-order valence-corrected chi connectivity index (χ0v) is 23.8. The summed E-state index contributed by atoms with van der Waals surface area (Å²) >= 11 is 1.19. The van der Waals surface area contributed by atoms with Crippen LogP contribution in [0.4, 0.5) is 18.9 Å². The van der Waals surface area contributed by atoms with E-state index in [0.717, 1.165) is 12.1 Å². The number of rotatable bonds is 4. The first-order valence-corrected chi connectivity index (χ1v) is 14.1. The van der Waals surface area contributed by atoms with Gasteiger partial charge in [-0.1, -0.05) is 11.8 Å².